The average Bonchev–Trinajstić information content (AvgIpc) is 3.74. The first kappa shape index (κ1) is 33.1. The quantitative estimate of drug-likeness (QED) is 0.202. The number of thioether (sulfide) groups is 1. The highest BCUT2D eigenvalue weighted by atomic mass is 35.5. The lowest BCUT2D eigenvalue weighted by Crippen LogP contribution is -2.48. The summed E-state index contributed by atoms with van der Waals surface area (Å²) in [4.78, 5) is 24.7. The van der Waals surface area contributed by atoms with E-state index in [4.69, 9.17) is 21.0 Å². The number of aliphatic carboxylic acids is 1. The molecular formula is C38H42ClN5O3S. The van der Waals surface area contributed by atoms with Gasteiger partial charge in [0.05, 0.1) is 16.5 Å². The largest absolute Gasteiger partial charge is 0.481 e. The number of hydrogen-bond donors (Lipinski definition) is 1. The number of nitriles is 1. The fourth-order valence-corrected chi connectivity index (χ4v) is 9.36. The van der Waals surface area contributed by atoms with Crippen molar-refractivity contribution in [1.82, 2.24) is 19.7 Å². The van der Waals surface area contributed by atoms with E-state index in [9.17, 15) is 15.2 Å². The predicted molar refractivity (Wildman–Crippen MR) is 191 cm³/mol. The number of likely N-dealkylation sites (tertiary alicyclic amines) is 3. The van der Waals surface area contributed by atoms with Crippen molar-refractivity contribution in [2.24, 2.45) is 5.92 Å². The van der Waals surface area contributed by atoms with Gasteiger partial charge in [-0.1, -0.05) is 35.9 Å². The van der Waals surface area contributed by atoms with Crippen molar-refractivity contribution in [3.05, 3.63) is 70.2 Å². The normalized spacial score (nSPS) is 21.5. The molecule has 1 unspecified atom stereocenters. The zero-order valence-electron chi connectivity index (χ0n) is 27.6. The minimum atomic E-state index is -0.755. The van der Waals surface area contributed by atoms with Crippen molar-refractivity contribution in [2.45, 2.75) is 61.8 Å². The molecule has 48 heavy (non-hydrogen) atoms. The molecule has 3 saturated heterocycles. The Bertz CT molecular complexity index is 1860. The zero-order valence-corrected chi connectivity index (χ0v) is 29.2. The molecule has 0 bridgehead atoms. The number of halogens is 1. The number of carbonyl (C=O) groups is 1. The molecule has 0 spiro atoms. The third-order valence-corrected chi connectivity index (χ3v) is 12.3. The Morgan fingerprint density at radius 2 is 1.81 bits per heavy atom. The van der Waals surface area contributed by atoms with E-state index in [1.165, 1.54) is 45.3 Å². The fraction of sp³-hybridized carbons (Fsp3) is 0.447. The number of benzene rings is 3. The van der Waals surface area contributed by atoms with Crippen molar-refractivity contribution in [2.75, 3.05) is 46.3 Å². The molecule has 0 radical (unpaired) electrons. The molecule has 3 aliphatic rings. The summed E-state index contributed by atoms with van der Waals surface area (Å²) in [6.07, 6.45) is 5.58. The van der Waals surface area contributed by atoms with Crippen LogP contribution in [0.4, 0.5) is 0 Å². The molecule has 3 aromatic carbocycles. The first-order valence-electron chi connectivity index (χ1n) is 17.0. The summed E-state index contributed by atoms with van der Waals surface area (Å²) in [5, 5.41) is 20.7. The van der Waals surface area contributed by atoms with Gasteiger partial charge in [0.25, 0.3) is 0 Å². The molecule has 0 aliphatic carbocycles. The minimum Gasteiger partial charge on any atom is -0.481 e. The smallest absolute Gasteiger partial charge is 0.307 e. The molecule has 0 saturated carbocycles. The van der Waals surface area contributed by atoms with Gasteiger partial charge >= 0.3 is 5.97 Å². The Morgan fingerprint density at radius 1 is 1.04 bits per heavy atom. The van der Waals surface area contributed by atoms with Crippen LogP contribution in [0.15, 0.2) is 57.8 Å². The van der Waals surface area contributed by atoms with E-state index in [-0.39, 0.29) is 5.92 Å². The topological polar surface area (TPSA) is 96.8 Å². The molecule has 250 valence electrons. The summed E-state index contributed by atoms with van der Waals surface area (Å²) in [6.45, 7) is 8.53. The number of piperidine rings is 2. The highest BCUT2D eigenvalue weighted by Gasteiger charge is 2.30. The predicted octanol–water partition coefficient (Wildman–Crippen LogP) is 7.55. The van der Waals surface area contributed by atoms with Crippen molar-refractivity contribution < 1.29 is 14.3 Å². The second kappa shape index (κ2) is 14.2. The maximum Gasteiger partial charge on any atom is 0.307 e. The van der Waals surface area contributed by atoms with Crippen LogP contribution in [0.5, 0.6) is 0 Å². The molecule has 10 heteroatoms. The fourth-order valence-electron chi connectivity index (χ4n) is 7.72. The van der Waals surface area contributed by atoms with Crippen LogP contribution in [-0.2, 0) is 11.3 Å². The molecule has 3 fully saturated rings. The summed E-state index contributed by atoms with van der Waals surface area (Å²) < 4.78 is 6.27. The van der Waals surface area contributed by atoms with Crippen LogP contribution in [0.2, 0.25) is 5.02 Å². The molecule has 0 amide bonds. The number of hydrogen-bond acceptors (Lipinski definition) is 8. The lowest BCUT2D eigenvalue weighted by molar-refractivity contribution is -0.141. The van der Waals surface area contributed by atoms with Gasteiger partial charge in [0.1, 0.15) is 11.6 Å². The van der Waals surface area contributed by atoms with Gasteiger partial charge in [0.2, 0.25) is 5.89 Å². The summed E-state index contributed by atoms with van der Waals surface area (Å²) in [5.74, 6) is -0.643. The number of carboxylic acid groups (broad SMARTS) is 1. The number of nitrogens with zero attached hydrogens (tertiary/aromatic N) is 5. The standard InChI is InChI=1S/C38H42ClN5O3S/c1-24-30(32-9-4-10-34(35(32)39)48-29-6-5-14-44(23-29)28-12-15-42(2)16-13-28)7-3-8-31(24)37-41-33-19-25(18-27(20-40)36(33)47-37)21-43-17-11-26(22-43)38(45)46/h3-4,7-10,18-19,26,28-29H,5-6,11-17,21-23H2,1-2H3,(H,45,46)/t26-,29?/m1/s1. The van der Waals surface area contributed by atoms with Gasteiger partial charge in [-0.3, -0.25) is 14.6 Å². The van der Waals surface area contributed by atoms with Gasteiger partial charge in [-0.2, -0.15) is 5.26 Å². The van der Waals surface area contributed by atoms with E-state index in [0.717, 1.165) is 44.3 Å². The number of rotatable bonds is 8. The first-order valence-corrected chi connectivity index (χ1v) is 18.3. The van der Waals surface area contributed by atoms with E-state index in [0.29, 0.717) is 59.9 Å². The van der Waals surface area contributed by atoms with E-state index >= 15 is 0 Å². The van der Waals surface area contributed by atoms with Crippen LogP contribution in [0.25, 0.3) is 33.7 Å². The highest BCUT2D eigenvalue weighted by molar-refractivity contribution is 8.00. The van der Waals surface area contributed by atoms with Gasteiger partial charge in [0.15, 0.2) is 5.58 Å². The SMILES string of the molecule is Cc1c(-c2nc3cc(CN4CC[C@@H](C(=O)O)C4)cc(C#N)c3o2)cccc1-c1cccc(SC2CCCN(C3CCN(C)CC3)C2)c1Cl. The van der Waals surface area contributed by atoms with Crippen molar-refractivity contribution in [3.63, 3.8) is 0 Å². The Balaban J connectivity index is 1.12. The van der Waals surface area contributed by atoms with Gasteiger partial charge < -0.3 is 14.4 Å². The molecule has 2 atom stereocenters. The van der Waals surface area contributed by atoms with E-state index in [2.05, 4.69) is 59.0 Å². The average molecular weight is 684 g/mol. The summed E-state index contributed by atoms with van der Waals surface area (Å²) >= 11 is 9.12. The van der Waals surface area contributed by atoms with E-state index in [1.807, 2.05) is 36.0 Å². The number of carboxylic acids is 1. The van der Waals surface area contributed by atoms with E-state index < -0.39 is 5.97 Å². The van der Waals surface area contributed by atoms with Crippen LogP contribution in [0, 0.1) is 24.2 Å². The Kier molecular flexibility index (Phi) is 9.82. The zero-order chi connectivity index (χ0) is 33.4. The van der Waals surface area contributed by atoms with Crippen LogP contribution < -0.4 is 0 Å². The van der Waals surface area contributed by atoms with Crippen LogP contribution in [-0.4, -0.2) is 88.4 Å². The summed E-state index contributed by atoms with van der Waals surface area (Å²) in [7, 11) is 2.22. The van der Waals surface area contributed by atoms with Crippen molar-refractivity contribution in [1.29, 1.82) is 5.26 Å². The van der Waals surface area contributed by atoms with E-state index in [1.54, 1.807) is 0 Å². The molecule has 4 aromatic rings. The Morgan fingerprint density at radius 3 is 2.58 bits per heavy atom. The van der Waals surface area contributed by atoms with Gasteiger partial charge in [-0.25, -0.2) is 4.98 Å². The molecule has 8 nitrogen and oxygen atoms in total. The second-order valence-corrected chi connectivity index (χ2v) is 15.4. The summed E-state index contributed by atoms with van der Waals surface area (Å²) in [5.41, 5.74) is 6.31. The van der Waals surface area contributed by atoms with Gasteiger partial charge in [-0.05, 0) is 113 Å². The Labute approximate surface area is 291 Å². The number of fused-ring (bicyclic) bond motifs is 1. The summed E-state index contributed by atoms with van der Waals surface area (Å²) in [6, 6.07) is 19.2. The van der Waals surface area contributed by atoms with Crippen LogP contribution in [0.1, 0.15) is 48.8 Å². The van der Waals surface area contributed by atoms with Crippen molar-refractivity contribution >= 4 is 40.4 Å². The maximum atomic E-state index is 11.4. The Hall–Kier alpha value is -3.39. The van der Waals surface area contributed by atoms with Gasteiger partial charge in [-0.15, -0.1) is 11.8 Å². The number of aromatic nitrogens is 1. The lowest BCUT2D eigenvalue weighted by Gasteiger charge is -2.41. The van der Waals surface area contributed by atoms with Gasteiger partial charge in [0, 0.05) is 46.9 Å². The molecule has 3 aliphatic heterocycles. The minimum absolute atomic E-state index is 0.350. The molecular weight excluding hydrogens is 642 g/mol. The third-order valence-electron chi connectivity index (χ3n) is 10.4. The van der Waals surface area contributed by atoms with Crippen molar-refractivity contribution in [3.8, 4) is 28.7 Å². The van der Waals surface area contributed by atoms with Crippen LogP contribution in [0.3, 0.4) is 0 Å². The highest BCUT2D eigenvalue weighted by Crippen LogP contribution is 2.42. The molecule has 1 N–H and O–H groups in total. The van der Waals surface area contributed by atoms with Crippen LogP contribution >= 0.6 is 23.4 Å². The lowest BCUT2D eigenvalue weighted by atomic mass is 9.96. The number of oxazole rings is 1. The molecule has 1 aromatic heterocycles. The first-order chi connectivity index (χ1) is 23.3. The monoisotopic (exact) mass is 683 g/mol. The maximum absolute atomic E-state index is 11.4. The molecule has 4 heterocycles. The molecule has 7 rings (SSSR count). The second-order valence-electron chi connectivity index (χ2n) is 13.7. The third kappa shape index (κ3) is 6.87.